The summed E-state index contributed by atoms with van der Waals surface area (Å²) in [5.41, 5.74) is 0.325. The Morgan fingerprint density at radius 3 is 2.24 bits per heavy atom. The Kier molecular flexibility index (Phi) is 2.15. The number of nitrogens with zero attached hydrogens (tertiary/aromatic N) is 1. The second-order valence-corrected chi connectivity index (χ2v) is 6.72. The molecule has 0 saturated heterocycles. The smallest absolute Gasteiger partial charge is 0.209 e. The summed E-state index contributed by atoms with van der Waals surface area (Å²) in [7, 11) is 0. The first-order valence-electron chi connectivity index (χ1n) is 6.78. The first kappa shape index (κ1) is 10.4. The minimum Gasteiger partial charge on any atom is -0.444 e. The van der Waals surface area contributed by atoms with Crippen LogP contribution in [0.3, 0.4) is 0 Å². The number of aromatic nitrogens is 1. The van der Waals surface area contributed by atoms with Crippen LogP contribution in [0.4, 0.5) is 0 Å². The van der Waals surface area contributed by atoms with Crippen molar-refractivity contribution in [3.8, 4) is 0 Å². The van der Waals surface area contributed by atoms with Gasteiger partial charge in [-0.15, -0.1) is 11.6 Å². The third-order valence-corrected chi connectivity index (χ3v) is 5.46. The molecule has 0 unspecified atom stereocenters. The summed E-state index contributed by atoms with van der Waals surface area (Å²) in [6.45, 7) is 0. The second-order valence-electron chi connectivity index (χ2n) is 6.45. The van der Waals surface area contributed by atoms with Crippen molar-refractivity contribution in [2.24, 2.45) is 17.8 Å². The number of hydrogen-bond acceptors (Lipinski definition) is 2. The van der Waals surface area contributed by atoms with Crippen molar-refractivity contribution >= 4 is 11.6 Å². The molecule has 0 spiro atoms. The maximum atomic E-state index is 5.87. The van der Waals surface area contributed by atoms with E-state index in [2.05, 4.69) is 4.98 Å². The highest BCUT2D eigenvalue weighted by atomic mass is 35.5. The van der Waals surface area contributed by atoms with E-state index < -0.39 is 0 Å². The highest BCUT2D eigenvalue weighted by molar-refractivity contribution is 6.16. The molecule has 4 fully saturated rings. The van der Waals surface area contributed by atoms with Crippen molar-refractivity contribution in [2.45, 2.75) is 49.8 Å². The average Bonchev–Trinajstić information content (AvgIpc) is 2.76. The van der Waals surface area contributed by atoms with Crippen LogP contribution in [0.1, 0.15) is 50.2 Å². The zero-order chi connectivity index (χ0) is 11.5. The topological polar surface area (TPSA) is 26.0 Å². The number of hydrogen-bond donors (Lipinski definition) is 0. The van der Waals surface area contributed by atoms with Gasteiger partial charge in [0.2, 0.25) is 5.89 Å². The summed E-state index contributed by atoms with van der Waals surface area (Å²) in [5, 5.41) is 0. The highest BCUT2D eigenvalue weighted by Gasteiger charge is 2.53. The molecule has 0 aromatic carbocycles. The van der Waals surface area contributed by atoms with E-state index in [1.54, 1.807) is 0 Å². The Bertz CT molecular complexity index is 404. The zero-order valence-electron chi connectivity index (χ0n) is 9.99. The standard InChI is InChI=1S/C14H18ClNO/c15-7-13-16-8-12(17-13)14-4-9-1-10(5-14)3-11(2-9)6-14/h8-11H,1-7H2. The van der Waals surface area contributed by atoms with Gasteiger partial charge in [0.05, 0.1) is 12.1 Å². The number of oxazole rings is 1. The molecular weight excluding hydrogens is 234 g/mol. The Hall–Kier alpha value is -0.500. The summed E-state index contributed by atoms with van der Waals surface area (Å²) in [5.74, 6) is 5.07. The van der Waals surface area contributed by atoms with Gasteiger partial charge in [-0.05, 0) is 56.3 Å². The van der Waals surface area contributed by atoms with Crippen LogP contribution in [-0.4, -0.2) is 4.98 Å². The molecule has 2 nitrogen and oxygen atoms in total. The number of rotatable bonds is 2. The molecule has 4 bridgehead atoms. The van der Waals surface area contributed by atoms with Crippen LogP contribution in [0.2, 0.25) is 0 Å². The number of halogens is 1. The Labute approximate surface area is 107 Å². The molecule has 0 radical (unpaired) electrons. The van der Waals surface area contributed by atoms with Gasteiger partial charge in [0, 0.05) is 5.41 Å². The maximum Gasteiger partial charge on any atom is 0.209 e. The van der Waals surface area contributed by atoms with Gasteiger partial charge >= 0.3 is 0 Å². The van der Waals surface area contributed by atoms with Gasteiger partial charge in [-0.1, -0.05) is 0 Å². The summed E-state index contributed by atoms with van der Waals surface area (Å²) in [6, 6.07) is 0. The maximum absolute atomic E-state index is 5.87. The van der Waals surface area contributed by atoms with Gasteiger partial charge in [0.15, 0.2) is 0 Å². The predicted molar refractivity (Wildman–Crippen MR) is 65.9 cm³/mol. The van der Waals surface area contributed by atoms with Gasteiger partial charge < -0.3 is 4.42 Å². The fraction of sp³-hybridized carbons (Fsp3) is 0.786. The van der Waals surface area contributed by atoms with E-state index in [1.165, 1.54) is 38.5 Å². The van der Waals surface area contributed by atoms with Crippen molar-refractivity contribution in [2.75, 3.05) is 0 Å². The van der Waals surface area contributed by atoms with Gasteiger partial charge in [0.1, 0.15) is 5.76 Å². The summed E-state index contributed by atoms with van der Waals surface area (Å²) >= 11 is 5.79. The lowest BCUT2D eigenvalue weighted by molar-refractivity contribution is -0.0155. The van der Waals surface area contributed by atoms with Gasteiger partial charge in [-0.3, -0.25) is 0 Å². The van der Waals surface area contributed by atoms with Crippen LogP contribution in [0.5, 0.6) is 0 Å². The lowest BCUT2D eigenvalue weighted by Crippen LogP contribution is -2.48. The molecule has 92 valence electrons. The van der Waals surface area contributed by atoms with Gasteiger partial charge in [-0.25, -0.2) is 4.98 Å². The van der Waals surface area contributed by atoms with E-state index >= 15 is 0 Å². The third-order valence-electron chi connectivity index (χ3n) is 5.23. The van der Waals surface area contributed by atoms with E-state index in [-0.39, 0.29) is 0 Å². The Morgan fingerprint density at radius 2 is 1.76 bits per heavy atom. The van der Waals surface area contributed by atoms with E-state index in [0.717, 1.165) is 23.5 Å². The molecule has 4 saturated carbocycles. The van der Waals surface area contributed by atoms with E-state index in [4.69, 9.17) is 16.0 Å². The van der Waals surface area contributed by atoms with Crippen molar-refractivity contribution in [1.29, 1.82) is 0 Å². The summed E-state index contributed by atoms with van der Waals surface area (Å²) in [6.07, 6.45) is 10.3. The SMILES string of the molecule is ClCc1ncc(C23CC4CC(CC(C4)C2)C3)o1. The normalized spacial score (nSPS) is 43.2. The highest BCUT2D eigenvalue weighted by Crippen LogP contribution is 2.60. The van der Waals surface area contributed by atoms with Crippen LogP contribution in [-0.2, 0) is 11.3 Å². The Balaban J connectivity index is 1.72. The van der Waals surface area contributed by atoms with Gasteiger partial charge in [-0.2, -0.15) is 0 Å². The predicted octanol–water partition coefficient (Wildman–Crippen LogP) is 3.88. The van der Waals surface area contributed by atoms with Crippen LogP contribution < -0.4 is 0 Å². The molecule has 17 heavy (non-hydrogen) atoms. The minimum absolute atomic E-state index is 0.325. The molecular formula is C14H18ClNO. The zero-order valence-corrected chi connectivity index (χ0v) is 10.7. The van der Waals surface area contributed by atoms with Crippen LogP contribution >= 0.6 is 11.6 Å². The molecule has 1 aromatic heterocycles. The van der Waals surface area contributed by atoms with Gasteiger partial charge in [0.25, 0.3) is 0 Å². The van der Waals surface area contributed by atoms with Crippen LogP contribution in [0.25, 0.3) is 0 Å². The Morgan fingerprint density at radius 1 is 1.18 bits per heavy atom. The van der Waals surface area contributed by atoms with Crippen molar-refractivity contribution < 1.29 is 4.42 Å². The minimum atomic E-state index is 0.325. The molecule has 3 heteroatoms. The fourth-order valence-electron chi connectivity index (χ4n) is 5.03. The molecule has 0 atom stereocenters. The molecule has 5 rings (SSSR count). The van der Waals surface area contributed by atoms with Crippen molar-refractivity contribution in [3.63, 3.8) is 0 Å². The number of alkyl halides is 1. The molecule has 0 amide bonds. The van der Waals surface area contributed by atoms with Crippen LogP contribution in [0, 0.1) is 17.8 Å². The van der Waals surface area contributed by atoms with E-state index in [1.807, 2.05) is 6.20 Å². The quantitative estimate of drug-likeness (QED) is 0.746. The third kappa shape index (κ3) is 1.49. The fourth-order valence-corrected chi connectivity index (χ4v) is 5.15. The van der Waals surface area contributed by atoms with E-state index in [9.17, 15) is 0 Å². The lowest BCUT2D eigenvalue weighted by Gasteiger charge is -2.55. The molecule has 1 heterocycles. The first-order chi connectivity index (χ1) is 8.27. The molecule has 4 aliphatic rings. The lowest BCUT2D eigenvalue weighted by atomic mass is 9.49. The molecule has 0 N–H and O–H groups in total. The second kappa shape index (κ2) is 3.50. The van der Waals surface area contributed by atoms with E-state index in [0.29, 0.717) is 17.2 Å². The average molecular weight is 252 g/mol. The molecule has 1 aromatic rings. The largest absolute Gasteiger partial charge is 0.444 e. The molecule has 0 aliphatic heterocycles. The first-order valence-corrected chi connectivity index (χ1v) is 7.32. The van der Waals surface area contributed by atoms with Crippen molar-refractivity contribution in [3.05, 3.63) is 17.8 Å². The van der Waals surface area contributed by atoms with Crippen LogP contribution in [0.15, 0.2) is 10.6 Å². The summed E-state index contributed by atoms with van der Waals surface area (Å²) < 4.78 is 5.87. The monoisotopic (exact) mass is 251 g/mol. The summed E-state index contributed by atoms with van der Waals surface area (Å²) in [4.78, 5) is 4.29. The molecule has 4 aliphatic carbocycles. The van der Waals surface area contributed by atoms with Crippen molar-refractivity contribution in [1.82, 2.24) is 4.98 Å².